The van der Waals surface area contributed by atoms with Crippen molar-refractivity contribution in [1.82, 2.24) is 10.6 Å². The Bertz CT molecular complexity index is 288. The van der Waals surface area contributed by atoms with Crippen molar-refractivity contribution in [3.63, 3.8) is 0 Å². The number of amides is 1. The number of hydrogen-bond acceptors (Lipinski definition) is 2. The molecule has 0 aromatic heterocycles. The average molecular weight is 250 g/mol. The highest BCUT2D eigenvalue weighted by Crippen LogP contribution is 2.56. The molecule has 0 aromatic rings. The minimum absolute atomic E-state index is 0.347. The Morgan fingerprint density at radius 1 is 1.00 bits per heavy atom. The van der Waals surface area contributed by atoms with Crippen LogP contribution < -0.4 is 10.6 Å². The molecular weight excluding hydrogens is 224 g/mol. The van der Waals surface area contributed by atoms with Gasteiger partial charge in [-0.15, -0.1) is 0 Å². The Morgan fingerprint density at radius 3 is 2.17 bits per heavy atom. The van der Waals surface area contributed by atoms with Gasteiger partial charge in [0.2, 0.25) is 5.91 Å². The molecule has 102 valence electrons. The number of carbonyl (C=O) groups excluding carboxylic acids is 1. The molecule has 0 unspecified atom stereocenters. The van der Waals surface area contributed by atoms with E-state index < -0.39 is 0 Å². The van der Waals surface area contributed by atoms with Crippen molar-refractivity contribution in [1.29, 1.82) is 0 Å². The second kappa shape index (κ2) is 5.20. The van der Waals surface area contributed by atoms with Gasteiger partial charge >= 0.3 is 0 Å². The van der Waals surface area contributed by atoms with Gasteiger partial charge in [0.25, 0.3) is 0 Å². The predicted molar refractivity (Wildman–Crippen MR) is 72.1 cm³/mol. The van der Waals surface area contributed by atoms with E-state index in [1.165, 1.54) is 32.1 Å². The molecule has 18 heavy (non-hydrogen) atoms. The molecule has 4 aliphatic rings. The maximum Gasteiger partial charge on any atom is 0.223 e. The van der Waals surface area contributed by atoms with Crippen molar-refractivity contribution < 1.29 is 4.79 Å². The maximum atomic E-state index is 12.4. The Balaban J connectivity index is 1.54. The zero-order valence-electron chi connectivity index (χ0n) is 11.5. The summed E-state index contributed by atoms with van der Waals surface area (Å²) in [4.78, 5) is 12.4. The highest BCUT2D eigenvalue weighted by molar-refractivity contribution is 5.79. The number of likely N-dealkylation sites (N-methyl/N-ethyl adjacent to an activating group) is 1. The molecule has 4 aliphatic carbocycles. The Morgan fingerprint density at radius 2 is 1.61 bits per heavy atom. The molecule has 3 nitrogen and oxygen atoms in total. The highest BCUT2D eigenvalue weighted by Gasteiger charge is 2.50. The maximum absolute atomic E-state index is 12.4. The van der Waals surface area contributed by atoms with Crippen LogP contribution in [0, 0.1) is 29.6 Å². The van der Waals surface area contributed by atoms with E-state index in [0.717, 1.165) is 31.5 Å². The monoisotopic (exact) mass is 250 g/mol. The molecule has 4 bridgehead atoms. The normalized spacial score (nSPS) is 41.1. The van der Waals surface area contributed by atoms with Crippen LogP contribution in [0.15, 0.2) is 0 Å². The minimum Gasteiger partial charge on any atom is -0.355 e. The molecule has 4 rings (SSSR count). The number of rotatable bonds is 5. The zero-order chi connectivity index (χ0) is 12.5. The number of carbonyl (C=O) groups is 1. The van der Waals surface area contributed by atoms with Gasteiger partial charge < -0.3 is 10.6 Å². The van der Waals surface area contributed by atoms with Gasteiger partial charge in [0.05, 0.1) is 0 Å². The molecule has 0 radical (unpaired) electrons. The third-order valence-corrected chi connectivity index (χ3v) is 5.38. The van der Waals surface area contributed by atoms with Crippen molar-refractivity contribution in [2.45, 2.75) is 39.0 Å². The molecule has 0 heterocycles. The summed E-state index contributed by atoms with van der Waals surface area (Å²) in [6.07, 6.45) is 6.79. The van der Waals surface area contributed by atoms with Gasteiger partial charge in [-0.25, -0.2) is 0 Å². The van der Waals surface area contributed by atoms with Crippen LogP contribution in [0.2, 0.25) is 0 Å². The SMILES string of the molecule is CCNCCNC(=O)C1C2CC3CC(C2)CC1C3. The van der Waals surface area contributed by atoms with Crippen LogP contribution in [0.25, 0.3) is 0 Å². The molecule has 1 amide bonds. The van der Waals surface area contributed by atoms with Crippen molar-refractivity contribution in [3.8, 4) is 0 Å². The van der Waals surface area contributed by atoms with E-state index in [4.69, 9.17) is 0 Å². The quantitative estimate of drug-likeness (QED) is 0.730. The molecule has 0 aliphatic heterocycles. The van der Waals surface area contributed by atoms with E-state index in [9.17, 15) is 4.79 Å². The smallest absolute Gasteiger partial charge is 0.223 e. The van der Waals surface area contributed by atoms with Crippen LogP contribution >= 0.6 is 0 Å². The molecule has 0 atom stereocenters. The van der Waals surface area contributed by atoms with Crippen LogP contribution in [0.3, 0.4) is 0 Å². The lowest BCUT2D eigenvalue weighted by molar-refractivity contribution is -0.138. The van der Waals surface area contributed by atoms with Crippen molar-refractivity contribution >= 4 is 5.91 Å². The summed E-state index contributed by atoms with van der Waals surface area (Å²) in [6.45, 7) is 4.76. The summed E-state index contributed by atoms with van der Waals surface area (Å²) in [6, 6.07) is 0. The van der Waals surface area contributed by atoms with E-state index in [1.54, 1.807) is 0 Å². The minimum atomic E-state index is 0.347. The Kier molecular flexibility index (Phi) is 3.60. The lowest BCUT2D eigenvalue weighted by Crippen LogP contribution is -2.51. The lowest BCUT2D eigenvalue weighted by atomic mass is 9.51. The topological polar surface area (TPSA) is 41.1 Å². The van der Waals surface area contributed by atoms with Crippen LogP contribution in [-0.4, -0.2) is 25.5 Å². The molecular formula is C15H26N2O. The van der Waals surface area contributed by atoms with E-state index in [0.29, 0.717) is 23.7 Å². The molecule has 3 heteroatoms. The average Bonchev–Trinajstić information content (AvgIpc) is 2.33. The molecule has 0 saturated heterocycles. The highest BCUT2D eigenvalue weighted by atomic mass is 16.1. The molecule has 4 fully saturated rings. The summed E-state index contributed by atoms with van der Waals surface area (Å²) < 4.78 is 0. The van der Waals surface area contributed by atoms with Crippen molar-refractivity contribution in [3.05, 3.63) is 0 Å². The fraction of sp³-hybridized carbons (Fsp3) is 0.933. The second-order valence-electron chi connectivity index (χ2n) is 6.60. The van der Waals surface area contributed by atoms with Gasteiger partial charge in [-0.2, -0.15) is 0 Å². The standard InChI is InChI=1S/C15H26N2O/c1-2-16-3-4-17-15(18)14-12-6-10-5-11(8-12)9-13(14)7-10/h10-14,16H,2-9H2,1H3,(H,17,18). The van der Waals surface area contributed by atoms with E-state index in [1.807, 2.05) is 0 Å². The van der Waals surface area contributed by atoms with Gasteiger partial charge in [-0.05, 0) is 62.3 Å². The van der Waals surface area contributed by atoms with Crippen LogP contribution in [0.1, 0.15) is 39.0 Å². The molecule has 0 aromatic carbocycles. The largest absolute Gasteiger partial charge is 0.355 e. The predicted octanol–water partition coefficient (Wildman–Crippen LogP) is 1.78. The molecule has 2 N–H and O–H groups in total. The molecule has 4 saturated carbocycles. The van der Waals surface area contributed by atoms with Gasteiger partial charge in [0.15, 0.2) is 0 Å². The first kappa shape index (κ1) is 12.5. The molecule has 0 spiro atoms. The summed E-state index contributed by atoms with van der Waals surface area (Å²) in [5.74, 6) is 4.03. The van der Waals surface area contributed by atoms with Gasteiger partial charge in [-0.3, -0.25) is 4.79 Å². The lowest BCUT2D eigenvalue weighted by Gasteiger charge is -2.53. The van der Waals surface area contributed by atoms with Gasteiger partial charge in [-0.1, -0.05) is 6.92 Å². The summed E-state index contributed by atoms with van der Waals surface area (Å²) in [5.41, 5.74) is 0. The fourth-order valence-electron chi connectivity index (χ4n) is 4.92. The van der Waals surface area contributed by atoms with Crippen LogP contribution in [0.4, 0.5) is 0 Å². The van der Waals surface area contributed by atoms with Gasteiger partial charge in [0.1, 0.15) is 0 Å². The van der Waals surface area contributed by atoms with Crippen LogP contribution in [0.5, 0.6) is 0 Å². The zero-order valence-corrected chi connectivity index (χ0v) is 11.5. The van der Waals surface area contributed by atoms with E-state index in [-0.39, 0.29) is 0 Å². The summed E-state index contributed by atoms with van der Waals surface area (Å²) >= 11 is 0. The Labute approximate surface area is 110 Å². The first-order valence-electron chi connectivity index (χ1n) is 7.76. The van der Waals surface area contributed by atoms with E-state index >= 15 is 0 Å². The summed E-state index contributed by atoms with van der Waals surface area (Å²) in [5, 5.41) is 6.40. The number of hydrogen-bond donors (Lipinski definition) is 2. The van der Waals surface area contributed by atoms with Crippen molar-refractivity contribution in [2.75, 3.05) is 19.6 Å². The third-order valence-electron chi connectivity index (χ3n) is 5.38. The first-order valence-corrected chi connectivity index (χ1v) is 7.76. The fourth-order valence-corrected chi connectivity index (χ4v) is 4.92. The van der Waals surface area contributed by atoms with Gasteiger partial charge in [0, 0.05) is 19.0 Å². The van der Waals surface area contributed by atoms with Crippen LogP contribution in [-0.2, 0) is 4.79 Å². The summed E-state index contributed by atoms with van der Waals surface area (Å²) in [7, 11) is 0. The third kappa shape index (κ3) is 2.29. The first-order chi connectivity index (χ1) is 8.78. The van der Waals surface area contributed by atoms with E-state index in [2.05, 4.69) is 17.6 Å². The van der Waals surface area contributed by atoms with Crippen molar-refractivity contribution in [2.24, 2.45) is 29.6 Å². The number of nitrogens with one attached hydrogen (secondary N) is 2. The Hall–Kier alpha value is -0.570. The second-order valence-corrected chi connectivity index (χ2v) is 6.60.